The van der Waals surface area contributed by atoms with Crippen LogP contribution >= 0.6 is 0 Å². The molecular formula is C25H30N2O4. The van der Waals surface area contributed by atoms with Gasteiger partial charge in [0.15, 0.2) is 0 Å². The van der Waals surface area contributed by atoms with Crippen molar-refractivity contribution in [3.05, 3.63) is 65.2 Å². The zero-order chi connectivity index (χ0) is 22.4. The minimum Gasteiger partial charge on any atom is -0.462 e. The molecule has 0 radical (unpaired) electrons. The van der Waals surface area contributed by atoms with Crippen LogP contribution in [0.15, 0.2) is 48.5 Å². The first kappa shape index (κ1) is 22.5. The van der Waals surface area contributed by atoms with E-state index in [1.165, 1.54) is 0 Å². The monoisotopic (exact) mass is 422 g/mol. The van der Waals surface area contributed by atoms with Crippen molar-refractivity contribution >= 4 is 23.5 Å². The van der Waals surface area contributed by atoms with E-state index < -0.39 is 5.97 Å². The number of carbonyl (C=O) groups is 3. The van der Waals surface area contributed by atoms with Gasteiger partial charge in [-0.3, -0.25) is 9.59 Å². The van der Waals surface area contributed by atoms with Crippen LogP contribution < -0.4 is 4.90 Å². The Kier molecular flexibility index (Phi) is 7.45. The van der Waals surface area contributed by atoms with Crippen molar-refractivity contribution in [1.29, 1.82) is 0 Å². The van der Waals surface area contributed by atoms with Crippen LogP contribution in [-0.2, 0) is 9.53 Å². The molecule has 1 saturated heterocycles. The van der Waals surface area contributed by atoms with Crippen molar-refractivity contribution in [1.82, 2.24) is 4.90 Å². The summed E-state index contributed by atoms with van der Waals surface area (Å²) < 4.78 is 5.16. The molecule has 2 amide bonds. The first-order valence-electron chi connectivity index (χ1n) is 10.9. The van der Waals surface area contributed by atoms with Crippen LogP contribution in [0.4, 0.5) is 5.69 Å². The zero-order valence-corrected chi connectivity index (χ0v) is 18.5. The molecule has 0 aliphatic carbocycles. The summed E-state index contributed by atoms with van der Waals surface area (Å²) in [4.78, 5) is 42.2. The van der Waals surface area contributed by atoms with Crippen molar-refractivity contribution in [2.45, 2.75) is 33.6 Å². The Morgan fingerprint density at radius 3 is 2.45 bits per heavy atom. The number of benzene rings is 2. The highest BCUT2D eigenvalue weighted by Gasteiger charge is 2.33. The number of esters is 1. The fourth-order valence-electron chi connectivity index (χ4n) is 4.00. The van der Waals surface area contributed by atoms with E-state index in [4.69, 9.17) is 4.74 Å². The van der Waals surface area contributed by atoms with Gasteiger partial charge in [0.1, 0.15) is 0 Å². The van der Waals surface area contributed by atoms with Gasteiger partial charge in [0.05, 0.1) is 23.8 Å². The molecule has 2 aromatic carbocycles. The minimum absolute atomic E-state index is 0.0486. The number of likely N-dealkylation sites (tertiary alicyclic amines) is 1. The average Bonchev–Trinajstić information content (AvgIpc) is 2.80. The van der Waals surface area contributed by atoms with E-state index in [-0.39, 0.29) is 24.3 Å². The van der Waals surface area contributed by atoms with Crippen LogP contribution in [0.2, 0.25) is 0 Å². The van der Waals surface area contributed by atoms with Gasteiger partial charge in [0.2, 0.25) is 5.91 Å². The van der Waals surface area contributed by atoms with Crippen molar-refractivity contribution in [3.63, 3.8) is 0 Å². The highest BCUT2D eigenvalue weighted by atomic mass is 16.5. The molecule has 1 fully saturated rings. The number of para-hydroxylation sites is 1. The summed E-state index contributed by atoms with van der Waals surface area (Å²) in [5, 5.41) is 0. The third kappa shape index (κ3) is 5.13. The van der Waals surface area contributed by atoms with Gasteiger partial charge >= 0.3 is 5.97 Å². The van der Waals surface area contributed by atoms with Crippen LogP contribution in [-0.4, -0.2) is 48.9 Å². The van der Waals surface area contributed by atoms with Gasteiger partial charge in [0, 0.05) is 25.2 Å². The van der Waals surface area contributed by atoms with Crippen molar-refractivity contribution < 1.29 is 19.1 Å². The molecule has 1 aliphatic heterocycles. The summed E-state index contributed by atoms with van der Waals surface area (Å²) in [6.45, 7) is 7.34. The Bertz CT molecular complexity index is 939. The summed E-state index contributed by atoms with van der Waals surface area (Å²) in [5.41, 5.74) is 2.67. The van der Waals surface area contributed by atoms with E-state index in [9.17, 15) is 14.4 Å². The number of rotatable bonds is 6. The quantitative estimate of drug-likeness (QED) is 0.658. The lowest BCUT2D eigenvalue weighted by molar-refractivity contribution is -0.123. The smallest absolute Gasteiger partial charge is 0.340 e. The van der Waals surface area contributed by atoms with E-state index in [2.05, 4.69) is 0 Å². The molecule has 0 bridgehead atoms. The standard InChI is InChI=1S/C25H30N2O4/c1-4-27(22-11-7-6-10-21(22)25(30)31-5-2)24(29)20-9-8-16-26(17-20)23(28)19-14-12-18(3)13-15-19/h6-7,10-15,20H,4-5,8-9,16-17H2,1-3H3. The van der Waals surface area contributed by atoms with Crippen molar-refractivity contribution in [3.8, 4) is 0 Å². The average molecular weight is 423 g/mol. The molecule has 1 aliphatic rings. The molecule has 6 nitrogen and oxygen atoms in total. The minimum atomic E-state index is -0.441. The summed E-state index contributed by atoms with van der Waals surface area (Å²) in [5.74, 6) is -0.865. The molecule has 0 spiro atoms. The fourth-order valence-corrected chi connectivity index (χ4v) is 4.00. The van der Waals surface area contributed by atoms with Crippen LogP contribution in [0.3, 0.4) is 0 Å². The molecule has 2 aromatic rings. The Balaban J connectivity index is 1.79. The second-order valence-electron chi connectivity index (χ2n) is 7.78. The SMILES string of the molecule is CCOC(=O)c1ccccc1N(CC)C(=O)C1CCCN(C(=O)c2ccc(C)cc2)C1. The van der Waals surface area contributed by atoms with Gasteiger partial charge in [0.25, 0.3) is 5.91 Å². The summed E-state index contributed by atoms with van der Waals surface area (Å²) in [6.07, 6.45) is 1.49. The largest absolute Gasteiger partial charge is 0.462 e. The number of piperidine rings is 1. The molecule has 1 heterocycles. The lowest BCUT2D eigenvalue weighted by Crippen LogP contribution is -2.47. The normalized spacial score (nSPS) is 16.0. The number of aryl methyl sites for hydroxylation is 1. The van der Waals surface area contributed by atoms with Gasteiger partial charge in [-0.2, -0.15) is 0 Å². The highest BCUT2D eigenvalue weighted by Crippen LogP contribution is 2.27. The van der Waals surface area contributed by atoms with E-state index in [0.717, 1.165) is 12.0 Å². The Morgan fingerprint density at radius 1 is 1.06 bits per heavy atom. The van der Waals surface area contributed by atoms with Gasteiger partial charge in [-0.1, -0.05) is 29.8 Å². The zero-order valence-electron chi connectivity index (χ0n) is 18.5. The second-order valence-corrected chi connectivity index (χ2v) is 7.78. The number of nitrogens with zero attached hydrogens (tertiary/aromatic N) is 2. The van der Waals surface area contributed by atoms with Crippen molar-refractivity contribution in [2.24, 2.45) is 5.92 Å². The molecule has 6 heteroatoms. The van der Waals surface area contributed by atoms with E-state index in [1.54, 1.807) is 34.9 Å². The first-order chi connectivity index (χ1) is 15.0. The number of ether oxygens (including phenoxy) is 1. The number of carbonyl (C=O) groups excluding carboxylic acids is 3. The van der Waals surface area contributed by atoms with E-state index in [0.29, 0.717) is 42.9 Å². The Morgan fingerprint density at radius 2 is 1.77 bits per heavy atom. The summed E-state index contributed by atoms with van der Waals surface area (Å²) in [7, 11) is 0. The van der Waals surface area contributed by atoms with Gasteiger partial charge < -0.3 is 14.5 Å². The predicted molar refractivity (Wildman–Crippen MR) is 120 cm³/mol. The summed E-state index contributed by atoms with van der Waals surface area (Å²) in [6, 6.07) is 14.5. The number of hydrogen-bond donors (Lipinski definition) is 0. The maximum Gasteiger partial charge on any atom is 0.340 e. The van der Waals surface area contributed by atoms with Crippen LogP contribution in [0.5, 0.6) is 0 Å². The predicted octanol–water partition coefficient (Wildman–Crippen LogP) is 4.08. The number of anilines is 1. The molecule has 164 valence electrons. The van der Waals surface area contributed by atoms with E-state index >= 15 is 0 Å². The molecule has 31 heavy (non-hydrogen) atoms. The van der Waals surface area contributed by atoms with Crippen LogP contribution in [0.1, 0.15) is 53.0 Å². The first-order valence-corrected chi connectivity index (χ1v) is 10.9. The molecular weight excluding hydrogens is 392 g/mol. The van der Waals surface area contributed by atoms with Gasteiger partial charge in [-0.25, -0.2) is 4.79 Å². The maximum atomic E-state index is 13.4. The number of hydrogen-bond acceptors (Lipinski definition) is 4. The Labute approximate surface area is 183 Å². The third-order valence-corrected chi connectivity index (χ3v) is 5.63. The molecule has 1 unspecified atom stereocenters. The van der Waals surface area contributed by atoms with E-state index in [1.807, 2.05) is 44.2 Å². The fraction of sp³-hybridized carbons (Fsp3) is 0.400. The van der Waals surface area contributed by atoms with Gasteiger partial charge in [-0.15, -0.1) is 0 Å². The third-order valence-electron chi connectivity index (χ3n) is 5.63. The van der Waals surface area contributed by atoms with Crippen molar-refractivity contribution in [2.75, 3.05) is 31.1 Å². The highest BCUT2D eigenvalue weighted by molar-refractivity contribution is 6.03. The lowest BCUT2D eigenvalue weighted by Gasteiger charge is -2.35. The Hall–Kier alpha value is -3.15. The van der Waals surface area contributed by atoms with Crippen LogP contribution in [0, 0.1) is 12.8 Å². The summed E-state index contributed by atoms with van der Waals surface area (Å²) >= 11 is 0. The molecule has 3 rings (SSSR count). The van der Waals surface area contributed by atoms with Gasteiger partial charge in [-0.05, 0) is 57.9 Å². The maximum absolute atomic E-state index is 13.4. The topological polar surface area (TPSA) is 66.9 Å². The molecule has 0 N–H and O–H groups in total. The van der Waals surface area contributed by atoms with Crippen LogP contribution in [0.25, 0.3) is 0 Å². The lowest BCUT2D eigenvalue weighted by atomic mass is 9.95. The molecule has 0 aromatic heterocycles. The molecule has 1 atom stereocenters. The number of amides is 2. The molecule has 0 saturated carbocycles. The second kappa shape index (κ2) is 10.2.